The third kappa shape index (κ3) is 5.75. The highest BCUT2D eigenvalue weighted by Gasteiger charge is 2.09. The number of hydrogen-bond donors (Lipinski definition) is 1. The van der Waals surface area contributed by atoms with Gasteiger partial charge in [0.2, 0.25) is 5.91 Å². The molecular weight excluding hydrogens is 332 g/mol. The Bertz CT molecular complexity index is 502. The average molecular weight is 355 g/mol. The normalized spacial score (nSPS) is 11.2. The van der Waals surface area contributed by atoms with Gasteiger partial charge >= 0.3 is 0 Å². The van der Waals surface area contributed by atoms with Crippen molar-refractivity contribution in [1.82, 2.24) is 15.1 Å². The average Bonchev–Trinajstić information content (AvgIpc) is 2.45. The number of rotatable bonds is 5. The van der Waals surface area contributed by atoms with E-state index in [4.69, 9.17) is 0 Å². The standard InChI is InChI=1S/C15H23BrN4O/c1-17-15(18-10-9-14(21)19(2)3)20(4)11-12-7-5-6-8-13(12)16/h5-8H,9-11H2,1-4H3,(H,17,18). The van der Waals surface area contributed by atoms with Crippen LogP contribution in [0.25, 0.3) is 0 Å². The van der Waals surface area contributed by atoms with Gasteiger partial charge in [-0.05, 0) is 11.6 Å². The van der Waals surface area contributed by atoms with Gasteiger partial charge in [-0.1, -0.05) is 34.1 Å². The molecule has 0 radical (unpaired) electrons. The number of nitrogens with one attached hydrogen (secondary N) is 1. The predicted molar refractivity (Wildman–Crippen MR) is 90.3 cm³/mol. The SMILES string of the molecule is CN=C(NCCC(=O)N(C)C)N(C)Cc1ccccc1Br. The molecule has 0 heterocycles. The maximum atomic E-state index is 11.5. The number of carbonyl (C=O) groups excluding carboxylic acids is 1. The first-order chi connectivity index (χ1) is 9.95. The lowest BCUT2D eigenvalue weighted by atomic mass is 10.2. The second-order valence-electron chi connectivity index (χ2n) is 4.96. The molecule has 0 saturated heterocycles. The molecule has 0 aromatic heterocycles. The molecule has 21 heavy (non-hydrogen) atoms. The molecule has 0 fully saturated rings. The first kappa shape index (κ1) is 17.5. The first-order valence-corrected chi connectivity index (χ1v) is 7.60. The lowest BCUT2D eigenvalue weighted by Crippen LogP contribution is -2.40. The molecule has 0 aliphatic rings. The lowest BCUT2D eigenvalue weighted by molar-refractivity contribution is -0.128. The maximum Gasteiger partial charge on any atom is 0.223 e. The molecule has 1 amide bonds. The van der Waals surface area contributed by atoms with Crippen molar-refractivity contribution in [2.45, 2.75) is 13.0 Å². The number of benzene rings is 1. The Morgan fingerprint density at radius 1 is 1.29 bits per heavy atom. The van der Waals surface area contributed by atoms with Crippen molar-refractivity contribution in [3.63, 3.8) is 0 Å². The molecule has 6 heteroatoms. The molecule has 0 spiro atoms. The number of carbonyl (C=O) groups is 1. The fourth-order valence-electron chi connectivity index (χ4n) is 1.85. The van der Waals surface area contributed by atoms with Crippen molar-refractivity contribution in [2.24, 2.45) is 4.99 Å². The van der Waals surface area contributed by atoms with E-state index in [9.17, 15) is 4.79 Å². The van der Waals surface area contributed by atoms with Gasteiger partial charge in [0, 0.05) is 52.2 Å². The highest BCUT2D eigenvalue weighted by Crippen LogP contribution is 2.17. The van der Waals surface area contributed by atoms with Gasteiger partial charge < -0.3 is 15.1 Å². The fraction of sp³-hybridized carbons (Fsp3) is 0.467. The monoisotopic (exact) mass is 354 g/mol. The Hall–Kier alpha value is -1.56. The van der Waals surface area contributed by atoms with Gasteiger partial charge in [0.1, 0.15) is 0 Å². The van der Waals surface area contributed by atoms with Crippen LogP contribution in [-0.4, -0.2) is 56.4 Å². The van der Waals surface area contributed by atoms with Crippen LogP contribution in [0.4, 0.5) is 0 Å². The van der Waals surface area contributed by atoms with Gasteiger partial charge in [-0.15, -0.1) is 0 Å². The highest BCUT2D eigenvalue weighted by molar-refractivity contribution is 9.10. The minimum absolute atomic E-state index is 0.103. The predicted octanol–water partition coefficient (Wildman–Crippen LogP) is 1.93. The van der Waals surface area contributed by atoms with E-state index in [1.807, 2.05) is 30.1 Å². The third-order valence-electron chi connectivity index (χ3n) is 3.06. The van der Waals surface area contributed by atoms with E-state index in [1.165, 1.54) is 5.56 Å². The van der Waals surface area contributed by atoms with Crippen LogP contribution in [-0.2, 0) is 11.3 Å². The fourth-order valence-corrected chi connectivity index (χ4v) is 2.26. The molecule has 1 N–H and O–H groups in total. The first-order valence-electron chi connectivity index (χ1n) is 6.81. The summed E-state index contributed by atoms with van der Waals surface area (Å²) < 4.78 is 1.08. The third-order valence-corrected chi connectivity index (χ3v) is 3.83. The van der Waals surface area contributed by atoms with Crippen LogP contribution in [0.15, 0.2) is 33.7 Å². The molecule has 1 aromatic carbocycles. The Morgan fingerprint density at radius 3 is 2.52 bits per heavy atom. The van der Waals surface area contributed by atoms with Crippen molar-refractivity contribution in [3.8, 4) is 0 Å². The summed E-state index contributed by atoms with van der Waals surface area (Å²) in [6.45, 7) is 1.31. The zero-order valence-corrected chi connectivity index (χ0v) is 14.6. The minimum atomic E-state index is 0.103. The second-order valence-corrected chi connectivity index (χ2v) is 5.81. The zero-order chi connectivity index (χ0) is 15.8. The van der Waals surface area contributed by atoms with Crippen LogP contribution in [0, 0.1) is 0 Å². The number of aliphatic imine (C=N–C) groups is 1. The van der Waals surface area contributed by atoms with Crippen molar-refractivity contribution < 1.29 is 4.79 Å². The number of nitrogens with zero attached hydrogens (tertiary/aromatic N) is 3. The van der Waals surface area contributed by atoms with Crippen LogP contribution < -0.4 is 5.32 Å². The molecule has 116 valence electrons. The zero-order valence-electron chi connectivity index (χ0n) is 13.1. The molecule has 5 nitrogen and oxygen atoms in total. The van der Waals surface area contributed by atoms with E-state index in [2.05, 4.69) is 32.3 Å². The Morgan fingerprint density at radius 2 is 1.95 bits per heavy atom. The van der Waals surface area contributed by atoms with E-state index < -0.39 is 0 Å². The van der Waals surface area contributed by atoms with Gasteiger partial charge in [0.05, 0.1) is 0 Å². The summed E-state index contributed by atoms with van der Waals surface area (Å²) >= 11 is 3.55. The number of halogens is 1. The Balaban J connectivity index is 2.53. The Kier molecular flexibility index (Phi) is 7.22. The molecule has 0 bridgehead atoms. The summed E-state index contributed by atoms with van der Waals surface area (Å²) in [7, 11) is 7.24. The van der Waals surface area contributed by atoms with Gasteiger partial charge in [0.15, 0.2) is 5.96 Å². The molecule has 0 aliphatic heterocycles. The lowest BCUT2D eigenvalue weighted by Gasteiger charge is -2.23. The van der Waals surface area contributed by atoms with Crippen LogP contribution in [0.1, 0.15) is 12.0 Å². The molecule has 0 saturated carbocycles. The van der Waals surface area contributed by atoms with Gasteiger partial charge in [-0.3, -0.25) is 9.79 Å². The van der Waals surface area contributed by atoms with Gasteiger partial charge in [0.25, 0.3) is 0 Å². The van der Waals surface area contributed by atoms with Crippen LogP contribution in [0.5, 0.6) is 0 Å². The summed E-state index contributed by atoms with van der Waals surface area (Å²) in [5, 5.41) is 3.21. The molecule has 0 unspecified atom stereocenters. The van der Waals surface area contributed by atoms with E-state index >= 15 is 0 Å². The van der Waals surface area contributed by atoms with E-state index in [0.717, 1.165) is 17.0 Å². The Labute approximate surface area is 135 Å². The molecular formula is C15H23BrN4O. The van der Waals surface area contributed by atoms with Gasteiger partial charge in [-0.25, -0.2) is 0 Å². The van der Waals surface area contributed by atoms with Crippen molar-refractivity contribution >= 4 is 27.8 Å². The van der Waals surface area contributed by atoms with Crippen LogP contribution in [0.3, 0.4) is 0 Å². The molecule has 1 rings (SSSR count). The van der Waals surface area contributed by atoms with Gasteiger partial charge in [-0.2, -0.15) is 0 Å². The largest absolute Gasteiger partial charge is 0.356 e. The molecule has 0 aliphatic carbocycles. The van der Waals surface area contributed by atoms with Crippen molar-refractivity contribution in [1.29, 1.82) is 0 Å². The number of amides is 1. The maximum absolute atomic E-state index is 11.5. The smallest absolute Gasteiger partial charge is 0.223 e. The summed E-state index contributed by atoms with van der Waals surface area (Å²) in [6.07, 6.45) is 0.453. The highest BCUT2D eigenvalue weighted by atomic mass is 79.9. The van der Waals surface area contributed by atoms with E-state index in [1.54, 1.807) is 26.0 Å². The van der Waals surface area contributed by atoms with Crippen molar-refractivity contribution in [3.05, 3.63) is 34.3 Å². The summed E-state index contributed by atoms with van der Waals surface area (Å²) in [6, 6.07) is 8.10. The summed E-state index contributed by atoms with van der Waals surface area (Å²) in [5.41, 5.74) is 1.19. The summed E-state index contributed by atoms with van der Waals surface area (Å²) in [4.78, 5) is 19.4. The van der Waals surface area contributed by atoms with Crippen molar-refractivity contribution in [2.75, 3.05) is 34.7 Å². The number of guanidine groups is 1. The molecule has 0 atom stereocenters. The second kappa shape index (κ2) is 8.67. The van der Waals surface area contributed by atoms with E-state index in [-0.39, 0.29) is 5.91 Å². The summed E-state index contributed by atoms with van der Waals surface area (Å²) in [5.74, 6) is 0.878. The van der Waals surface area contributed by atoms with Crippen LogP contribution in [0.2, 0.25) is 0 Å². The minimum Gasteiger partial charge on any atom is -0.356 e. The van der Waals surface area contributed by atoms with E-state index in [0.29, 0.717) is 13.0 Å². The van der Waals surface area contributed by atoms with Crippen LogP contribution >= 0.6 is 15.9 Å². The number of hydrogen-bond acceptors (Lipinski definition) is 2. The molecule has 1 aromatic rings. The topological polar surface area (TPSA) is 47.9 Å². The quantitative estimate of drug-likeness (QED) is 0.649.